The molecule has 0 saturated carbocycles. The molecule has 0 aromatic rings. The summed E-state index contributed by atoms with van der Waals surface area (Å²) in [7, 11) is -5.67. The summed E-state index contributed by atoms with van der Waals surface area (Å²) in [5.41, 5.74) is 0. The third-order valence-electron chi connectivity index (χ3n) is 0. The summed E-state index contributed by atoms with van der Waals surface area (Å²) in [5.74, 6) is 0. The van der Waals surface area contributed by atoms with Crippen LogP contribution >= 0.6 is 9.90 Å². The second-order valence-electron chi connectivity index (χ2n) is 0.378. The van der Waals surface area contributed by atoms with Crippen molar-refractivity contribution in [3.05, 3.63) is 0 Å². The highest BCUT2D eigenvalue weighted by molar-refractivity contribution is 7.81. The second kappa shape index (κ2) is 4.33. The maximum absolute atomic E-state index is 9.99. The van der Waals surface area contributed by atoms with Crippen LogP contribution in [0, 0.1) is 0 Å². The van der Waals surface area contributed by atoms with E-state index in [1.807, 2.05) is 0 Å². The lowest BCUT2D eigenvalue weighted by Gasteiger charge is -1.57. The van der Waals surface area contributed by atoms with Gasteiger partial charge in [0.25, 0.3) is 0 Å². The molecule has 0 N–H and O–H groups in total. The molecule has 0 bridgehead atoms. The van der Waals surface area contributed by atoms with Gasteiger partial charge >= 0.3 is 10.6 Å². The normalized spacial score (nSPS) is 8.29. The standard InChI is InChI=1S/F2O2S.FH.H3P/c1-5(2,3)4;;/h;1H;1H3. The van der Waals surface area contributed by atoms with Gasteiger partial charge in [0.05, 0.1) is 0 Å². The first-order valence-electron chi connectivity index (χ1n) is 0.642. The molecule has 2 nitrogen and oxygen atoms in total. The molecule has 0 rings (SSSR count). The number of hydrogen-bond donors (Lipinski definition) is 0. The van der Waals surface area contributed by atoms with Crippen molar-refractivity contribution >= 4 is 20.5 Å². The molecule has 0 saturated heterocycles. The summed E-state index contributed by atoms with van der Waals surface area (Å²) in [6.45, 7) is 0. The molecule has 0 aliphatic carbocycles. The van der Waals surface area contributed by atoms with Crippen LogP contribution in [0.1, 0.15) is 0 Å². The van der Waals surface area contributed by atoms with Gasteiger partial charge in [0.15, 0.2) is 0 Å². The van der Waals surface area contributed by atoms with E-state index in [1.54, 1.807) is 0 Å². The van der Waals surface area contributed by atoms with Crippen LogP contribution in [0.3, 0.4) is 0 Å². The minimum absolute atomic E-state index is 0. The summed E-state index contributed by atoms with van der Waals surface area (Å²) in [4.78, 5) is 0. The zero-order valence-electron chi connectivity index (χ0n) is 3.10. The van der Waals surface area contributed by atoms with E-state index in [0.29, 0.717) is 0 Å². The molecule has 0 amide bonds. The number of rotatable bonds is 0. The Kier molecular flexibility index (Phi) is 9.71. The Morgan fingerprint density at radius 3 is 1.14 bits per heavy atom. The summed E-state index contributed by atoms with van der Waals surface area (Å²) < 4.78 is 36.6. The van der Waals surface area contributed by atoms with E-state index in [-0.39, 0.29) is 14.6 Å². The SMILES string of the molecule is F.O=S(=O)(F)F.P. The van der Waals surface area contributed by atoms with E-state index in [4.69, 9.17) is 8.42 Å². The molecule has 0 fully saturated rings. The highest BCUT2D eigenvalue weighted by Crippen LogP contribution is 1.85. The predicted octanol–water partition coefficient (Wildman–Crippen LogP) is 0.381. The average Bonchev–Trinajstić information content (AvgIpc) is 0.722. The Balaban J connectivity index is -0.0000000800. The fourth-order valence-corrected chi connectivity index (χ4v) is 0. The Bertz CT molecular complexity index is 96.1. The molecule has 0 spiro atoms. The second-order valence-corrected chi connectivity index (χ2v) is 1.14. The summed E-state index contributed by atoms with van der Waals surface area (Å²) >= 11 is 0. The molecule has 0 aromatic carbocycles. The van der Waals surface area contributed by atoms with Crippen LogP contribution in [0.25, 0.3) is 0 Å². The van der Waals surface area contributed by atoms with Gasteiger partial charge in [-0.2, -0.15) is 18.3 Å². The van der Waals surface area contributed by atoms with Crippen LogP contribution in [0.2, 0.25) is 0 Å². The van der Waals surface area contributed by atoms with Crippen LogP contribution in [0.15, 0.2) is 0 Å². The summed E-state index contributed by atoms with van der Waals surface area (Å²) in [5, 5.41) is 0. The van der Waals surface area contributed by atoms with Gasteiger partial charge < -0.3 is 0 Å². The monoisotopic (exact) mass is 156 g/mol. The van der Waals surface area contributed by atoms with E-state index in [2.05, 4.69) is 0 Å². The Hall–Kier alpha value is 0.170. The molecule has 0 heterocycles. The fourth-order valence-electron chi connectivity index (χ4n) is 0. The molecule has 0 aliphatic heterocycles. The van der Waals surface area contributed by atoms with Gasteiger partial charge in [0, 0.05) is 0 Å². The van der Waals surface area contributed by atoms with Gasteiger partial charge in [-0.1, -0.05) is 7.77 Å². The Labute approximate surface area is 42.4 Å². The lowest BCUT2D eigenvalue weighted by Crippen LogP contribution is -1.69. The van der Waals surface area contributed by atoms with Crippen molar-refractivity contribution in [2.75, 3.05) is 0 Å². The Morgan fingerprint density at radius 1 is 1.14 bits per heavy atom. The van der Waals surface area contributed by atoms with Crippen molar-refractivity contribution in [3.8, 4) is 0 Å². The van der Waals surface area contributed by atoms with Crippen molar-refractivity contribution < 1.29 is 20.9 Å². The van der Waals surface area contributed by atoms with Gasteiger partial charge in [0.2, 0.25) is 0 Å². The van der Waals surface area contributed by atoms with Crippen molar-refractivity contribution in [2.24, 2.45) is 0 Å². The van der Waals surface area contributed by atoms with Crippen molar-refractivity contribution in [3.63, 3.8) is 0 Å². The highest BCUT2D eigenvalue weighted by atomic mass is 32.3. The summed E-state index contributed by atoms with van der Waals surface area (Å²) in [6, 6.07) is 0. The molecule has 0 aliphatic rings. The van der Waals surface area contributed by atoms with Gasteiger partial charge in [-0.15, -0.1) is 0 Å². The lowest BCUT2D eigenvalue weighted by molar-refractivity contribution is 0.501. The van der Waals surface area contributed by atoms with Crippen molar-refractivity contribution in [2.45, 2.75) is 0 Å². The first-order chi connectivity index (χ1) is 2.00. The maximum atomic E-state index is 9.99. The van der Waals surface area contributed by atoms with E-state index in [1.165, 1.54) is 0 Å². The number of halogens is 3. The lowest BCUT2D eigenvalue weighted by atomic mass is 15.9. The van der Waals surface area contributed by atoms with E-state index in [9.17, 15) is 7.77 Å². The molecule has 7 heavy (non-hydrogen) atoms. The molecule has 0 radical (unpaired) electrons. The van der Waals surface area contributed by atoms with Crippen LogP contribution in [-0.4, -0.2) is 8.42 Å². The predicted molar refractivity (Wildman–Crippen MR) is 24.7 cm³/mol. The Morgan fingerprint density at radius 2 is 1.14 bits per heavy atom. The van der Waals surface area contributed by atoms with Gasteiger partial charge in [-0.3, -0.25) is 4.70 Å². The minimum Gasteiger partial charge on any atom is -0.269 e. The quantitative estimate of drug-likeness (QED) is 0.375. The van der Waals surface area contributed by atoms with Crippen molar-refractivity contribution in [1.29, 1.82) is 0 Å². The third kappa shape index (κ3) is 3710. The van der Waals surface area contributed by atoms with Gasteiger partial charge in [-0.25, -0.2) is 0 Å². The maximum Gasteiger partial charge on any atom is 0.476 e. The van der Waals surface area contributed by atoms with Crippen LogP contribution in [0.5, 0.6) is 0 Å². The zero-order chi connectivity index (χ0) is 4.50. The topological polar surface area (TPSA) is 34.1 Å². The average molecular weight is 156 g/mol. The molecule has 48 valence electrons. The highest BCUT2D eigenvalue weighted by Gasteiger charge is 1.94. The molecule has 0 aromatic heterocycles. The molecule has 7 heteroatoms. The van der Waals surface area contributed by atoms with E-state index >= 15 is 0 Å². The van der Waals surface area contributed by atoms with E-state index in [0.717, 1.165) is 0 Å². The minimum atomic E-state index is -5.67. The molecule has 1 unspecified atom stereocenters. The van der Waals surface area contributed by atoms with E-state index < -0.39 is 10.6 Å². The van der Waals surface area contributed by atoms with Crippen LogP contribution in [-0.2, 0) is 10.6 Å². The van der Waals surface area contributed by atoms with Crippen LogP contribution < -0.4 is 0 Å². The summed E-state index contributed by atoms with van der Waals surface area (Å²) in [6.07, 6.45) is 0. The number of hydrogen-bond acceptors (Lipinski definition) is 2. The first kappa shape index (κ1) is 15.7. The van der Waals surface area contributed by atoms with Crippen molar-refractivity contribution in [1.82, 2.24) is 0 Å². The smallest absolute Gasteiger partial charge is 0.269 e. The van der Waals surface area contributed by atoms with Crippen LogP contribution in [0.4, 0.5) is 12.5 Å². The fraction of sp³-hybridized carbons (Fsp3) is 0. The third-order valence-corrected chi connectivity index (χ3v) is 0. The molecular weight excluding hydrogens is 152 g/mol. The molecular formula is H4F3O2PS. The van der Waals surface area contributed by atoms with Gasteiger partial charge in [-0.05, 0) is 0 Å². The largest absolute Gasteiger partial charge is 0.476 e. The van der Waals surface area contributed by atoms with Gasteiger partial charge in [0.1, 0.15) is 0 Å². The zero-order valence-corrected chi connectivity index (χ0v) is 5.33. The first-order valence-corrected chi connectivity index (χ1v) is 1.93. The molecule has 1 atom stereocenters.